The summed E-state index contributed by atoms with van der Waals surface area (Å²) in [7, 11) is 0. The average Bonchev–Trinajstić information content (AvgIpc) is 2.98. The number of rotatable bonds is 3. The summed E-state index contributed by atoms with van der Waals surface area (Å²) < 4.78 is 19.6. The third kappa shape index (κ3) is 3.60. The molecule has 6 rings (SSSR count). The van der Waals surface area contributed by atoms with Crippen LogP contribution in [0.15, 0.2) is 42.5 Å². The first-order valence-electron chi connectivity index (χ1n) is 11.0. The Kier molecular flexibility index (Phi) is 4.81. The number of benzene rings is 2. The molecule has 0 radical (unpaired) electrons. The molecule has 2 bridgehead atoms. The van der Waals surface area contributed by atoms with E-state index >= 15 is 0 Å². The van der Waals surface area contributed by atoms with E-state index in [4.69, 9.17) is 4.74 Å². The molecule has 30 heavy (non-hydrogen) atoms. The van der Waals surface area contributed by atoms with E-state index in [0.717, 1.165) is 55.6 Å². The molecule has 3 aliphatic heterocycles. The summed E-state index contributed by atoms with van der Waals surface area (Å²) in [6, 6.07) is 12.8. The van der Waals surface area contributed by atoms with E-state index in [0.29, 0.717) is 5.92 Å². The van der Waals surface area contributed by atoms with Gasteiger partial charge in [-0.1, -0.05) is 38.1 Å². The number of hydrogen-bond donors (Lipinski definition) is 1. The summed E-state index contributed by atoms with van der Waals surface area (Å²) in [6.07, 6.45) is 2.79. The van der Waals surface area contributed by atoms with Gasteiger partial charge in [-0.05, 0) is 84.1 Å². The molecule has 3 fully saturated rings. The molecule has 1 unspecified atom stereocenters. The van der Waals surface area contributed by atoms with Crippen molar-refractivity contribution in [3.05, 3.63) is 59.4 Å². The fraction of sp³-hybridized carbons (Fsp3) is 0.480. The van der Waals surface area contributed by atoms with Crippen LogP contribution in [0.25, 0.3) is 11.1 Å². The van der Waals surface area contributed by atoms with E-state index < -0.39 is 0 Å². The number of nitrogens with zero attached hydrogens (tertiary/aromatic N) is 1. The number of ether oxygens (including phenoxy) is 1. The minimum atomic E-state index is -0.323. The molecule has 158 valence electrons. The van der Waals surface area contributed by atoms with Crippen LogP contribution in [-0.2, 0) is 11.2 Å². The molecule has 0 spiro atoms. The minimum absolute atomic E-state index is 0.00452. The second-order valence-electron chi connectivity index (χ2n) is 9.75. The van der Waals surface area contributed by atoms with Gasteiger partial charge in [-0.25, -0.2) is 9.18 Å². The van der Waals surface area contributed by atoms with Crippen molar-refractivity contribution in [3.63, 3.8) is 0 Å². The molecule has 4 aliphatic rings. The zero-order valence-corrected chi connectivity index (χ0v) is 17.7. The van der Waals surface area contributed by atoms with Gasteiger partial charge in [0.2, 0.25) is 0 Å². The maximum absolute atomic E-state index is 13.7. The molecular weight excluding hydrogens is 379 g/mol. The van der Waals surface area contributed by atoms with Crippen molar-refractivity contribution in [2.24, 2.45) is 11.3 Å². The van der Waals surface area contributed by atoms with E-state index in [-0.39, 0.29) is 29.5 Å². The smallest absolute Gasteiger partial charge is 0.407 e. The molecule has 0 aromatic heterocycles. The maximum atomic E-state index is 13.7. The standard InChI is InChI=1S/C25H29FN2O2/c1-25(2)14-19-7-6-18(17-4-3-5-20(26)12-17)13-21(19)23(25)27-24(29)30-22-15-28-10-8-16(22)9-11-28/h3-7,12-13,16,22-23H,8-11,14-15H2,1-2H3,(H,27,29)/t22-,23?/m1/s1. The molecule has 3 saturated heterocycles. The molecule has 1 N–H and O–H groups in total. The van der Waals surface area contributed by atoms with Crippen LogP contribution in [0.5, 0.6) is 0 Å². The van der Waals surface area contributed by atoms with Crippen molar-refractivity contribution in [3.8, 4) is 11.1 Å². The van der Waals surface area contributed by atoms with Crippen molar-refractivity contribution in [1.82, 2.24) is 10.2 Å². The van der Waals surface area contributed by atoms with Gasteiger partial charge in [-0.15, -0.1) is 0 Å². The Hall–Kier alpha value is -2.40. The second kappa shape index (κ2) is 7.38. The summed E-state index contributed by atoms with van der Waals surface area (Å²) in [6.45, 7) is 7.45. The van der Waals surface area contributed by atoms with Crippen LogP contribution in [0.1, 0.15) is 43.9 Å². The molecule has 1 aliphatic carbocycles. The van der Waals surface area contributed by atoms with Crippen LogP contribution >= 0.6 is 0 Å². The molecule has 3 heterocycles. The number of carbonyl (C=O) groups is 1. The summed E-state index contributed by atoms with van der Waals surface area (Å²) in [5, 5.41) is 3.17. The average molecular weight is 409 g/mol. The Bertz CT molecular complexity index is 965. The van der Waals surface area contributed by atoms with Crippen molar-refractivity contribution in [1.29, 1.82) is 0 Å². The molecule has 5 heteroatoms. The summed E-state index contributed by atoms with van der Waals surface area (Å²) >= 11 is 0. The van der Waals surface area contributed by atoms with Crippen LogP contribution in [0.4, 0.5) is 9.18 Å². The number of alkyl carbamates (subject to hydrolysis) is 1. The zero-order chi connectivity index (χ0) is 20.9. The highest BCUT2D eigenvalue weighted by molar-refractivity contribution is 5.70. The maximum Gasteiger partial charge on any atom is 0.407 e. The third-order valence-electron chi connectivity index (χ3n) is 7.16. The lowest BCUT2D eigenvalue weighted by atomic mass is 9.85. The summed E-state index contributed by atoms with van der Waals surface area (Å²) in [5.74, 6) is 0.244. The predicted molar refractivity (Wildman–Crippen MR) is 115 cm³/mol. The van der Waals surface area contributed by atoms with E-state index in [1.165, 1.54) is 11.6 Å². The van der Waals surface area contributed by atoms with E-state index in [1.807, 2.05) is 12.1 Å². The number of fused-ring (bicyclic) bond motifs is 4. The Morgan fingerprint density at radius 3 is 2.60 bits per heavy atom. The number of amides is 1. The molecule has 2 aromatic carbocycles. The molecule has 1 amide bonds. The van der Waals surface area contributed by atoms with Crippen LogP contribution < -0.4 is 5.32 Å². The Morgan fingerprint density at radius 1 is 1.13 bits per heavy atom. The second-order valence-corrected chi connectivity index (χ2v) is 9.75. The lowest BCUT2D eigenvalue weighted by Gasteiger charge is -2.44. The van der Waals surface area contributed by atoms with Crippen molar-refractivity contribution in [2.75, 3.05) is 19.6 Å². The lowest BCUT2D eigenvalue weighted by molar-refractivity contribution is -0.0348. The van der Waals surface area contributed by atoms with Gasteiger partial charge in [-0.3, -0.25) is 4.90 Å². The zero-order valence-electron chi connectivity index (χ0n) is 17.7. The van der Waals surface area contributed by atoms with Gasteiger partial charge in [0.1, 0.15) is 11.9 Å². The summed E-state index contributed by atoms with van der Waals surface area (Å²) in [5.41, 5.74) is 4.03. The van der Waals surface area contributed by atoms with E-state index in [9.17, 15) is 9.18 Å². The van der Waals surface area contributed by atoms with Gasteiger partial charge < -0.3 is 10.1 Å². The Morgan fingerprint density at radius 2 is 1.90 bits per heavy atom. The fourth-order valence-electron chi connectivity index (χ4n) is 5.49. The van der Waals surface area contributed by atoms with Gasteiger partial charge in [0, 0.05) is 6.54 Å². The quantitative estimate of drug-likeness (QED) is 0.782. The van der Waals surface area contributed by atoms with Crippen molar-refractivity contribution >= 4 is 6.09 Å². The van der Waals surface area contributed by atoms with Crippen LogP contribution in [0.3, 0.4) is 0 Å². The van der Waals surface area contributed by atoms with E-state index in [1.54, 1.807) is 12.1 Å². The van der Waals surface area contributed by atoms with Gasteiger partial charge >= 0.3 is 6.09 Å². The molecule has 4 nitrogen and oxygen atoms in total. The number of carbonyl (C=O) groups excluding carboxylic acids is 1. The predicted octanol–water partition coefficient (Wildman–Crippen LogP) is 4.94. The van der Waals surface area contributed by atoms with Gasteiger partial charge in [0.25, 0.3) is 0 Å². The SMILES string of the molecule is CC1(C)Cc2ccc(-c3cccc(F)c3)cc2C1NC(=O)O[C@@H]1CN2CCC1CC2. The topological polar surface area (TPSA) is 41.6 Å². The van der Waals surface area contributed by atoms with Crippen LogP contribution in [-0.4, -0.2) is 36.7 Å². The number of nitrogens with one attached hydrogen (secondary N) is 1. The molecule has 2 aromatic rings. The van der Waals surface area contributed by atoms with Crippen LogP contribution in [0, 0.1) is 17.2 Å². The minimum Gasteiger partial charge on any atom is -0.445 e. The molecule has 2 atom stereocenters. The fourth-order valence-corrected chi connectivity index (χ4v) is 5.49. The van der Waals surface area contributed by atoms with Gasteiger partial charge in [0.05, 0.1) is 6.04 Å². The highest BCUT2D eigenvalue weighted by atomic mass is 19.1. The Labute approximate surface area is 177 Å². The highest BCUT2D eigenvalue weighted by Crippen LogP contribution is 2.46. The van der Waals surface area contributed by atoms with Gasteiger partial charge in [0.15, 0.2) is 0 Å². The lowest BCUT2D eigenvalue weighted by Crippen LogP contribution is -2.53. The van der Waals surface area contributed by atoms with Crippen LogP contribution in [0.2, 0.25) is 0 Å². The summed E-state index contributed by atoms with van der Waals surface area (Å²) in [4.78, 5) is 15.2. The number of piperidine rings is 3. The first-order chi connectivity index (χ1) is 14.4. The molecule has 0 saturated carbocycles. The van der Waals surface area contributed by atoms with Gasteiger partial charge in [-0.2, -0.15) is 0 Å². The Balaban J connectivity index is 1.36. The van der Waals surface area contributed by atoms with Crippen molar-refractivity contribution < 1.29 is 13.9 Å². The monoisotopic (exact) mass is 408 g/mol. The third-order valence-corrected chi connectivity index (χ3v) is 7.16. The number of hydrogen-bond acceptors (Lipinski definition) is 3. The number of halogens is 1. The molecular formula is C25H29FN2O2. The van der Waals surface area contributed by atoms with E-state index in [2.05, 4.69) is 36.2 Å². The first-order valence-corrected chi connectivity index (χ1v) is 11.0. The normalized spacial score (nSPS) is 28.8. The largest absolute Gasteiger partial charge is 0.445 e. The first kappa shape index (κ1) is 19.6. The highest BCUT2D eigenvalue weighted by Gasteiger charge is 2.42. The van der Waals surface area contributed by atoms with Crippen molar-refractivity contribution in [2.45, 2.75) is 45.3 Å².